The van der Waals surface area contributed by atoms with E-state index in [4.69, 9.17) is 18.8 Å². The third kappa shape index (κ3) is 3.22. The number of para-hydroxylation sites is 2. The van der Waals surface area contributed by atoms with Gasteiger partial charge in [0.05, 0.1) is 11.0 Å². The van der Waals surface area contributed by atoms with Gasteiger partial charge in [0.1, 0.15) is 22.3 Å². The molecule has 0 N–H and O–H groups in total. The molecule has 0 fully saturated rings. The van der Waals surface area contributed by atoms with E-state index in [0.29, 0.717) is 0 Å². The predicted molar refractivity (Wildman–Crippen MR) is 180 cm³/mol. The van der Waals surface area contributed by atoms with Crippen LogP contribution < -0.4 is 0 Å². The first-order chi connectivity index (χ1) is 21.8. The fourth-order valence-electron chi connectivity index (χ4n) is 7.00. The minimum atomic E-state index is 0.855. The number of rotatable bonds is 2. The zero-order valence-corrected chi connectivity index (χ0v) is 23.4. The van der Waals surface area contributed by atoms with Crippen molar-refractivity contribution in [2.75, 3.05) is 0 Å². The number of nitrogens with zero attached hydrogens (tertiary/aromatic N) is 2. The zero-order valence-electron chi connectivity index (χ0n) is 23.4. The van der Waals surface area contributed by atoms with Crippen LogP contribution >= 0.6 is 0 Å². The Labute approximate surface area is 250 Å². The Morgan fingerprint density at radius 2 is 1.02 bits per heavy atom. The molecule has 0 aliphatic heterocycles. The molecule has 0 radical (unpaired) electrons. The molecule has 10 rings (SSSR count). The first-order valence-electron chi connectivity index (χ1n) is 14.7. The number of hydrogen-bond donors (Lipinski definition) is 0. The fourth-order valence-corrected chi connectivity index (χ4v) is 7.00. The molecular formula is C40H22N2O2. The van der Waals surface area contributed by atoms with Gasteiger partial charge in [-0.25, -0.2) is 0 Å². The van der Waals surface area contributed by atoms with E-state index in [9.17, 15) is 0 Å². The maximum atomic E-state index is 6.60. The van der Waals surface area contributed by atoms with Gasteiger partial charge in [-0.05, 0) is 57.8 Å². The average Bonchev–Trinajstić information content (AvgIpc) is 3.65. The van der Waals surface area contributed by atoms with E-state index in [1.54, 1.807) is 12.4 Å². The zero-order chi connectivity index (χ0) is 28.8. The summed E-state index contributed by atoms with van der Waals surface area (Å²) in [6, 6.07) is 42.4. The first-order valence-corrected chi connectivity index (χ1v) is 14.7. The summed E-state index contributed by atoms with van der Waals surface area (Å²) in [6.45, 7) is 0. The highest BCUT2D eigenvalue weighted by atomic mass is 16.3. The van der Waals surface area contributed by atoms with Crippen molar-refractivity contribution in [2.24, 2.45) is 0 Å². The van der Waals surface area contributed by atoms with Crippen LogP contribution in [0.2, 0.25) is 0 Å². The van der Waals surface area contributed by atoms with Gasteiger partial charge in [-0.2, -0.15) is 0 Å². The Kier molecular flexibility index (Phi) is 4.69. The van der Waals surface area contributed by atoms with Crippen molar-refractivity contribution in [3.63, 3.8) is 0 Å². The van der Waals surface area contributed by atoms with Crippen molar-refractivity contribution in [2.45, 2.75) is 0 Å². The Hall–Kier alpha value is -6.00. The lowest BCUT2D eigenvalue weighted by atomic mass is 9.92. The second-order valence-electron chi connectivity index (χ2n) is 11.3. The highest BCUT2D eigenvalue weighted by Gasteiger charge is 2.21. The molecule has 0 bridgehead atoms. The van der Waals surface area contributed by atoms with Gasteiger partial charge in [-0.15, -0.1) is 0 Å². The van der Waals surface area contributed by atoms with Crippen molar-refractivity contribution in [1.82, 2.24) is 9.97 Å². The summed E-state index contributed by atoms with van der Waals surface area (Å²) in [5.41, 5.74) is 9.65. The third-order valence-electron chi connectivity index (χ3n) is 8.94. The lowest BCUT2D eigenvalue weighted by Gasteiger charge is -2.12. The highest BCUT2D eigenvalue weighted by Crippen LogP contribution is 2.45. The Morgan fingerprint density at radius 1 is 0.386 bits per heavy atom. The van der Waals surface area contributed by atoms with E-state index in [1.807, 2.05) is 24.3 Å². The van der Waals surface area contributed by atoms with E-state index in [1.165, 1.54) is 10.8 Å². The quantitative estimate of drug-likeness (QED) is 0.197. The topological polar surface area (TPSA) is 52.1 Å². The van der Waals surface area contributed by atoms with Crippen molar-refractivity contribution in [3.8, 4) is 22.3 Å². The highest BCUT2D eigenvalue weighted by molar-refractivity contribution is 6.25. The molecule has 0 aliphatic carbocycles. The monoisotopic (exact) mass is 562 g/mol. The van der Waals surface area contributed by atoms with Crippen LogP contribution in [0.15, 0.2) is 143 Å². The fraction of sp³-hybridized carbons (Fsp3) is 0. The molecular weight excluding hydrogens is 540 g/mol. The molecule has 0 spiro atoms. The summed E-state index contributed by atoms with van der Waals surface area (Å²) in [7, 11) is 0. The van der Waals surface area contributed by atoms with Crippen LogP contribution in [0.1, 0.15) is 0 Å². The van der Waals surface area contributed by atoms with Crippen LogP contribution in [0, 0.1) is 0 Å². The molecule has 0 unspecified atom stereocenters. The van der Waals surface area contributed by atoms with Gasteiger partial charge in [0.15, 0.2) is 0 Å². The largest absolute Gasteiger partial charge is 0.456 e. The van der Waals surface area contributed by atoms with E-state index in [0.717, 1.165) is 87.9 Å². The van der Waals surface area contributed by atoms with Gasteiger partial charge in [-0.3, -0.25) is 9.97 Å². The molecule has 4 heteroatoms. The van der Waals surface area contributed by atoms with Gasteiger partial charge in [0.25, 0.3) is 0 Å². The SMILES string of the molecule is c1cc(-c2ccc3c4ccccc4c4nccnc4c3c2)cc(-c2c3oc4ccccc4c3cc3oc4ccccc4c23)c1. The molecule has 0 saturated carbocycles. The minimum Gasteiger partial charge on any atom is -0.456 e. The van der Waals surface area contributed by atoms with E-state index < -0.39 is 0 Å². The van der Waals surface area contributed by atoms with Crippen LogP contribution in [0.4, 0.5) is 0 Å². The van der Waals surface area contributed by atoms with Crippen LogP contribution in [0.25, 0.3) is 98.7 Å². The molecule has 0 aliphatic rings. The second kappa shape index (κ2) is 8.76. The Balaban J connectivity index is 1.26. The smallest absolute Gasteiger partial charge is 0.144 e. The number of hydrogen-bond acceptors (Lipinski definition) is 4. The number of furan rings is 2. The van der Waals surface area contributed by atoms with Crippen LogP contribution in [-0.2, 0) is 0 Å². The molecule has 204 valence electrons. The van der Waals surface area contributed by atoms with Crippen molar-refractivity contribution in [3.05, 3.63) is 134 Å². The third-order valence-corrected chi connectivity index (χ3v) is 8.94. The Morgan fingerprint density at radius 3 is 1.86 bits per heavy atom. The summed E-state index contributed by atoms with van der Waals surface area (Å²) in [5.74, 6) is 0. The van der Waals surface area contributed by atoms with Gasteiger partial charge in [0, 0.05) is 50.3 Å². The lowest BCUT2D eigenvalue weighted by molar-refractivity contribution is 0.664. The van der Waals surface area contributed by atoms with E-state index in [2.05, 4.69) is 97.1 Å². The van der Waals surface area contributed by atoms with Gasteiger partial charge >= 0.3 is 0 Å². The summed E-state index contributed by atoms with van der Waals surface area (Å²) in [5, 5.41) is 8.84. The van der Waals surface area contributed by atoms with Crippen molar-refractivity contribution < 1.29 is 8.83 Å². The van der Waals surface area contributed by atoms with Crippen LogP contribution in [0.3, 0.4) is 0 Å². The van der Waals surface area contributed by atoms with Crippen LogP contribution in [-0.4, -0.2) is 9.97 Å². The number of fused-ring (bicyclic) bond motifs is 12. The van der Waals surface area contributed by atoms with Crippen molar-refractivity contribution in [1.29, 1.82) is 0 Å². The standard InChI is InChI=1S/C40H22N2O2/c1-2-12-29-26(10-1)27-17-16-24(21-31(27)39-38(29)41-18-19-42-39)23-8-7-9-25(20-23)36-37-30-13-4-6-15-34(30)43-35(37)22-32-28-11-3-5-14-33(28)44-40(32)36/h1-22H. The molecule has 0 saturated heterocycles. The van der Waals surface area contributed by atoms with Gasteiger partial charge < -0.3 is 8.83 Å². The molecule has 44 heavy (non-hydrogen) atoms. The first kappa shape index (κ1) is 23.6. The van der Waals surface area contributed by atoms with Gasteiger partial charge in [-0.1, -0.05) is 91.0 Å². The predicted octanol–water partition coefficient (Wildman–Crippen LogP) is 11.1. The van der Waals surface area contributed by atoms with E-state index in [-0.39, 0.29) is 0 Å². The molecule has 10 aromatic rings. The maximum absolute atomic E-state index is 6.60. The lowest BCUT2D eigenvalue weighted by Crippen LogP contribution is -1.89. The van der Waals surface area contributed by atoms with Gasteiger partial charge in [0.2, 0.25) is 0 Å². The molecule has 7 aromatic carbocycles. The molecule has 3 aromatic heterocycles. The molecule has 0 atom stereocenters. The molecule has 0 amide bonds. The average molecular weight is 563 g/mol. The summed E-state index contributed by atoms with van der Waals surface area (Å²) >= 11 is 0. The summed E-state index contributed by atoms with van der Waals surface area (Å²) in [6.07, 6.45) is 3.55. The summed E-state index contributed by atoms with van der Waals surface area (Å²) in [4.78, 5) is 9.52. The van der Waals surface area contributed by atoms with Crippen molar-refractivity contribution >= 4 is 76.5 Å². The number of aromatic nitrogens is 2. The van der Waals surface area contributed by atoms with E-state index >= 15 is 0 Å². The molecule has 3 heterocycles. The second-order valence-corrected chi connectivity index (χ2v) is 11.3. The normalized spacial score (nSPS) is 12.1. The molecule has 4 nitrogen and oxygen atoms in total. The minimum absolute atomic E-state index is 0.855. The summed E-state index contributed by atoms with van der Waals surface area (Å²) < 4.78 is 13.0. The van der Waals surface area contributed by atoms with Crippen LogP contribution in [0.5, 0.6) is 0 Å². The Bertz CT molecular complexity index is 2750. The number of benzene rings is 7. The maximum Gasteiger partial charge on any atom is 0.144 e.